The molecule has 4 heteroatoms. The fourth-order valence-electron chi connectivity index (χ4n) is 1.71. The molecule has 0 aromatic carbocycles. The Balaban J connectivity index is 0. The van der Waals surface area contributed by atoms with Gasteiger partial charge in [0.15, 0.2) is 0 Å². The zero-order valence-electron chi connectivity index (χ0n) is 13.7. The Hall–Kier alpha value is -0.160. The van der Waals surface area contributed by atoms with Gasteiger partial charge in [-0.1, -0.05) is 52.9 Å². The van der Waals surface area contributed by atoms with Gasteiger partial charge in [-0.25, -0.2) is 0 Å². The molecular weight excluding hydrogens is 256 g/mol. The summed E-state index contributed by atoms with van der Waals surface area (Å²) in [5.41, 5.74) is 0.505. The fourth-order valence-corrected chi connectivity index (χ4v) is 1.71. The van der Waals surface area contributed by atoms with Crippen molar-refractivity contribution in [3.63, 3.8) is 0 Å². The van der Waals surface area contributed by atoms with Gasteiger partial charge in [0.2, 0.25) is 0 Å². The Kier molecular flexibility index (Phi) is 18.7. The fraction of sp³-hybridized carbons (Fsp3) is 1.00. The molecule has 0 aromatic rings. The van der Waals surface area contributed by atoms with E-state index >= 15 is 0 Å². The highest BCUT2D eigenvalue weighted by atomic mass is 16.5. The van der Waals surface area contributed by atoms with E-state index in [4.69, 9.17) is 15.3 Å². The summed E-state index contributed by atoms with van der Waals surface area (Å²) in [7, 11) is 0. The van der Waals surface area contributed by atoms with Crippen LogP contribution in [0.4, 0.5) is 0 Å². The molecule has 0 spiro atoms. The summed E-state index contributed by atoms with van der Waals surface area (Å²) < 4.78 is 4.63. The average molecular weight is 292 g/mol. The molecule has 0 aliphatic carbocycles. The summed E-state index contributed by atoms with van der Waals surface area (Å²) in [5, 5.41) is 24.7. The minimum absolute atomic E-state index is 0.0278. The van der Waals surface area contributed by atoms with E-state index in [1.165, 1.54) is 38.5 Å². The van der Waals surface area contributed by atoms with Crippen LogP contribution in [0.2, 0.25) is 0 Å². The van der Waals surface area contributed by atoms with E-state index in [2.05, 4.69) is 25.5 Å². The maximum Gasteiger partial charge on any atom is 0.0698 e. The van der Waals surface area contributed by atoms with E-state index in [1.54, 1.807) is 0 Å². The normalized spacial score (nSPS) is 11.1. The summed E-state index contributed by atoms with van der Waals surface area (Å²) in [6, 6.07) is 0. The van der Waals surface area contributed by atoms with Gasteiger partial charge < -0.3 is 20.1 Å². The lowest BCUT2D eigenvalue weighted by molar-refractivity contribution is 0.0650. The number of ether oxygens (including phenoxy) is 1. The van der Waals surface area contributed by atoms with Crippen LogP contribution in [-0.2, 0) is 4.74 Å². The Morgan fingerprint density at radius 3 is 1.50 bits per heavy atom. The van der Waals surface area contributed by atoms with Gasteiger partial charge in [-0.05, 0) is 18.3 Å². The van der Waals surface area contributed by atoms with Crippen molar-refractivity contribution in [2.24, 2.45) is 5.41 Å². The van der Waals surface area contributed by atoms with E-state index < -0.39 is 0 Å². The van der Waals surface area contributed by atoms with Crippen molar-refractivity contribution in [3.05, 3.63) is 0 Å². The zero-order valence-corrected chi connectivity index (χ0v) is 13.7. The Morgan fingerprint density at radius 1 is 0.650 bits per heavy atom. The minimum Gasteiger partial charge on any atom is -0.396 e. The standard InChI is InChI=1S/C12H26O.C4H10O3/c1-12(2,3)10-8-6-4-5-7-9-11-13;5-1-3-7-4-2-6/h13H,4-11H2,1-3H3;5-6H,1-4H2. The molecule has 0 rings (SSSR count). The molecule has 0 aliphatic rings. The van der Waals surface area contributed by atoms with Crippen LogP contribution in [0.1, 0.15) is 65.7 Å². The second-order valence-corrected chi connectivity index (χ2v) is 6.22. The predicted molar refractivity (Wildman–Crippen MR) is 83.9 cm³/mol. The second kappa shape index (κ2) is 16.9. The smallest absolute Gasteiger partial charge is 0.0698 e. The number of unbranched alkanes of at least 4 members (excludes halogenated alkanes) is 5. The number of aliphatic hydroxyl groups excluding tert-OH is 3. The van der Waals surface area contributed by atoms with Crippen LogP contribution in [0.15, 0.2) is 0 Å². The number of hydrogen-bond donors (Lipinski definition) is 3. The second-order valence-electron chi connectivity index (χ2n) is 6.22. The molecule has 0 saturated carbocycles. The van der Waals surface area contributed by atoms with Gasteiger partial charge in [0.25, 0.3) is 0 Å². The Labute approximate surface area is 125 Å². The van der Waals surface area contributed by atoms with Gasteiger partial charge in [0, 0.05) is 6.61 Å². The lowest BCUT2D eigenvalue weighted by Crippen LogP contribution is -2.03. The molecule has 0 radical (unpaired) electrons. The van der Waals surface area contributed by atoms with Crippen molar-refractivity contribution in [1.82, 2.24) is 0 Å². The van der Waals surface area contributed by atoms with Crippen molar-refractivity contribution in [1.29, 1.82) is 0 Å². The molecule has 0 atom stereocenters. The number of aliphatic hydroxyl groups is 3. The first-order valence-electron chi connectivity index (χ1n) is 7.88. The highest BCUT2D eigenvalue weighted by Gasteiger charge is 2.08. The van der Waals surface area contributed by atoms with Crippen LogP contribution < -0.4 is 0 Å². The monoisotopic (exact) mass is 292 g/mol. The topological polar surface area (TPSA) is 69.9 Å². The molecule has 20 heavy (non-hydrogen) atoms. The third-order valence-electron chi connectivity index (χ3n) is 2.81. The highest BCUT2D eigenvalue weighted by Crippen LogP contribution is 2.22. The third-order valence-corrected chi connectivity index (χ3v) is 2.81. The molecule has 0 aliphatic heterocycles. The first-order chi connectivity index (χ1) is 9.47. The molecule has 4 nitrogen and oxygen atoms in total. The van der Waals surface area contributed by atoms with Gasteiger partial charge in [-0.15, -0.1) is 0 Å². The summed E-state index contributed by atoms with van der Waals surface area (Å²) >= 11 is 0. The molecule has 0 heterocycles. The SMILES string of the molecule is CC(C)(C)CCCCCCCCO.OCCOCCO. The summed E-state index contributed by atoms with van der Waals surface area (Å²) in [4.78, 5) is 0. The quantitative estimate of drug-likeness (QED) is 0.512. The summed E-state index contributed by atoms with van der Waals surface area (Å²) in [5.74, 6) is 0. The van der Waals surface area contributed by atoms with E-state index in [-0.39, 0.29) is 13.2 Å². The molecule has 0 aromatic heterocycles. The molecule has 0 unspecified atom stereocenters. The predicted octanol–water partition coefficient (Wildman–Crippen LogP) is 2.74. The van der Waals surface area contributed by atoms with Crippen LogP contribution in [0, 0.1) is 5.41 Å². The van der Waals surface area contributed by atoms with Crippen LogP contribution >= 0.6 is 0 Å². The van der Waals surface area contributed by atoms with E-state index in [0.717, 1.165) is 6.42 Å². The maximum absolute atomic E-state index is 8.58. The van der Waals surface area contributed by atoms with Gasteiger partial charge in [0.1, 0.15) is 0 Å². The summed E-state index contributed by atoms with van der Waals surface area (Å²) in [6.07, 6.45) is 8.89. The Morgan fingerprint density at radius 2 is 1.10 bits per heavy atom. The molecule has 0 saturated heterocycles. The lowest BCUT2D eigenvalue weighted by atomic mass is 9.89. The average Bonchev–Trinajstić information content (AvgIpc) is 2.38. The van der Waals surface area contributed by atoms with Gasteiger partial charge >= 0.3 is 0 Å². The zero-order chi connectivity index (χ0) is 15.7. The van der Waals surface area contributed by atoms with Gasteiger partial charge in [0.05, 0.1) is 26.4 Å². The van der Waals surface area contributed by atoms with E-state index in [1.807, 2.05) is 0 Å². The lowest BCUT2D eigenvalue weighted by Gasteiger charge is -2.17. The maximum atomic E-state index is 8.58. The van der Waals surface area contributed by atoms with Crippen LogP contribution in [0.25, 0.3) is 0 Å². The third kappa shape index (κ3) is 26.4. The van der Waals surface area contributed by atoms with Crippen molar-refractivity contribution in [3.8, 4) is 0 Å². The van der Waals surface area contributed by atoms with Gasteiger partial charge in [-0.3, -0.25) is 0 Å². The molecule has 3 N–H and O–H groups in total. The number of hydrogen-bond acceptors (Lipinski definition) is 4. The Bertz CT molecular complexity index is 162. The van der Waals surface area contributed by atoms with Crippen molar-refractivity contribution in [2.75, 3.05) is 33.0 Å². The van der Waals surface area contributed by atoms with E-state index in [9.17, 15) is 0 Å². The van der Waals surface area contributed by atoms with E-state index in [0.29, 0.717) is 25.2 Å². The van der Waals surface area contributed by atoms with Crippen LogP contribution in [0.5, 0.6) is 0 Å². The van der Waals surface area contributed by atoms with Crippen molar-refractivity contribution in [2.45, 2.75) is 65.7 Å². The summed E-state index contributed by atoms with van der Waals surface area (Å²) in [6.45, 7) is 7.97. The van der Waals surface area contributed by atoms with Crippen molar-refractivity contribution >= 4 is 0 Å². The molecule has 0 fully saturated rings. The highest BCUT2D eigenvalue weighted by molar-refractivity contribution is 4.60. The van der Waals surface area contributed by atoms with Gasteiger partial charge in [-0.2, -0.15) is 0 Å². The molecule has 0 amide bonds. The van der Waals surface area contributed by atoms with Crippen LogP contribution in [-0.4, -0.2) is 48.4 Å². The molecular formula is C16H36O4. The van der Waals surface area contributed by atoms with Crippen LogP contribution in [0.3, 0.4) is 0 Å². The largest absolute Gasteiger partial charge is 0.396 e. The first-order valence-corrected chi connectivity index (χ1v) is 7.88. The molecule has 124 valence electrons. The molecule has 0 bridgehead atoms. The van der Waals surface area contributed by atoms with Crippen molar-refractivity contribution < 1.29 is 20.1 Å². The first kappa shape index (κ1) is 22.1. The minimum atomic E-state index is 0.0278. The number of rotatable bonds is 11.